The van der Waals surface area contributed by atoms with E-state index in [-0.39, 0.29) is 11.9 Å². The molecule has 1 aliphatic heterocycles. The van der Waals surface area contributed by atoms with E-state index in [0.29, 0.717) is 5.57 Å². The Kier molecular flexibility index (Phi) is 4.55. The number of carbonyl (C=O) groups is 1. The number of ether oxygens (including phenoxy) is 1. The average molecular weight is 338 g/mol. The first-order valence-electron chi connectivity index (χ1n) is 8.08. The van der Waals surface area contributed by atoms with Gasteiger partial charge in [-0.1, -0.05) is 49.0 Å². The molecule has 0 saturated heterocycles. The van der Waals surface area contributed by atoms with Crippen LogP contribution in [0.5, 0.6) is 0 Å². The van der Waals surface area contributed by atoms with E-state index < -0.39 is 5.60 Å². The average Bonchev–Trinajstić information content (AvgIpc) is 2.71. The maximum Gasteiger partial charge on any atom is 0.333 e. The van der Waals surface area contributed by atoms with Gasteiger partial charge in [0.25, 0.3) is 0 Å². The molecular weight excluding hydrogens is 316 g/mol. The lowest BCUT2D eigenvalue weighted by Gasteiger charge is -2.35. The highest BCUT2D eigenvalue weighted by Crippen LogP contribution is 2.46. The van der Waals surface area contributed by atoms with Crippen LogP contribution in [-0.2, 0) is 15.3 Å². The summed E-state index contributed by atoms with van der Waals surface area (Å²) in [6.45, 7) is 9.37. The Hall–Kier alpha value is -2.00. The maximum absolute atomic E-state index is 12.2. The van der Waals surface area contributed by atoms with E-state index >= 15 is 0 Å². The molecule has 0 fully saturated rings. The van der Waals surface area contributed by atoms with Crippen LogP contribution in [0.2, 0.25) is 0 Å². The summed E-state index contributed by atoms with van der Waals surface area (Å²) < 4.78 is 5.86. The van der Waals surface area contributed by atoms with Gasteiger partial charge in [-0.25, -0.2) is 4.79 Å². The smallest absolute Gasteiger partial charge is 0.333 e. The number of esters is 1. The minimum absolute atomic E-state index is 0.0109. The van der Waals surface area contributed by atoms with Gasteiger partial charge in [0.2, 0.25) is 0 Å². The SMILES string of the molecule is C=C(C)C(=O)OC(C)(C)C1c2ccccc2CSc2ccccc21. The van der Waals surface area contributed by atoms with Crippen molar-refractivity contribution in [2.75, 3.05) is 0 Å². The first-order valence-corrected chi connectivity index (χ1v) is 9.07. The molecular formula is C21H22O2S. The summed E-state index contributed by atoms with van der Waals surface area (Å²) in [5.41, 5.74) is 3.49. The fraction of sp³-hybridized carbons (Fsp3) is 0.286. The number of rotatable bonds is 3. The third kappa shape index (κ3) is 3.13. The molecule has 1 atom stereocenters. The van der Waals surface area contributed by atoms with Crippen molar-refractivity contribution in [2.24, 2.45) is 0 Å². The predicted octanol–water partition coefficient (Wildman–Crippen LogP) is 5.32. The molecule has 24 heavy (non-hydrogen) atoms. The quantitative estimate of drug-likeness (QED) is 0.559. The van der Waals surface area contributed by atoms with E-state index in [4.69, 9.17) is 4.74 Å². The second-order valence-electron chi connectivity index (χ2n) is 6.73. The van der Waals surface area contributed by atoms with E-state index in [9.17, 15) is 4.79 Å². The van der Waals surface area contributed by atoms with Crippen LogP contribution in [0, 0.1) is 0 Å². The molecule has 3 rings (SSSR count). The van der Waals surface area contributed by atoms with Gasteiger partial charge in [-0.3, -0.25) is 0 Å². The number of thioether (sulfide) groups is 1. The molecule has 2 aromatic rings. The molecule has 0 radical (unpaired) electrons. The number of fused-ring (bicyclic) bond motifs is 2. The van der Waals surface area contributed by atoms with Gasteiger partial charge in [0.1, 0.15) is 5.60 Å². The summed E-state index contributed by atoms with van der Waals surface area (Å²) in [5.74, 6) is 0.573. The van der Waals surface area contributed by atoms with Crippen molar-refractivity contribution in [3.63, 3.8) is 0 Å². The Balaban J connectivity index is 2.14. The molecule has 0 amide bonds. The molecule has 124 valence electrons. The van der Waals surface area contributed by atoms with Gasteiger partial charge in [-0.15, -0.1) is 11.8 Å². The highest BCUT2D eigenvalue weighted by atomic mass is 32.2. The van der Waals surface area contributed by atoms with Gasteiger partial charge in [0.15, 0.2) is 0 Å². The molecule has 1 aliphatic rings. The molecule has 0 aromatic heterocycles. The van der Waals surface area contributed by atoms with Crippen molar-refractivity contribution in [3.05, 3.63) is 77.4 Å². The van der Waals surface area contributed by atoms with Crippen LogP contribution in [0.25, 0.3) is 0 Å². The van der Waals surface area contributed by atoms with Crippen LogP contribution < -0.4 is 0 Å². The topological polar surface area (TPSA) is 26.3 Å². The Morgan fingerprint density at radius 3 is 2.46 bits per heavy atom. The molecule has 1 unspecified atom stereocenters. The normalized spacial score (nSPS) is 16.5. The largest absolute Gasteiger partial charge is 0.455 e. The lowest BCUT2D eigenvalue weighted by atomic mass is 9.77. The lowest BCUT2D eigenvalue weighted by Crippen LogP contribution is -2.36. The van der Waals surface area contributed by atoms with Crippen molar-refractivity contribution in [3.8, 4) is 0 Å². The van der Waals surface area contributed by atoms with Gasteiger partial charge in [0, 0.05) is 22.1 Å². The van der Waals surface area contributed by atoms with Crippen LogP contribution in [-0.4, -0.2) is 11.6 Å². The predicted molar refractivity (Wildman–Crippen MR) is 99.3 cm³/mol. The van der Waals surface area contributed by atoms with Gasteiger partial charge in [-0.2, -0.15) is 0 Å². The minimum Gasteiger partial charge on any atom is -0.455 e. The van der Waals surface area contributed by atoms with Gasteiger partial charge in [0.05, 0.1) is 0 Å². The third-order valence-electron chi connectivity index (χ3n) is 4.38. The Morgan fingerprint density at radius 2 is 1.75 bits per heavy atom. The summed E-state index contributed by atoms with van der Waals surface area (Å²) in [6, 6.07) is 16.8. The summed E-state index contributed by atoms with van der Waals surface area (Å²) in [5, 5.41) is 0. The second kappa shape index (κ2) is 6.48. The molecule has 0 N–H and O–H groups in total. The highest BCUT2D eigenvalue weighted by molar-refractivity contribution is 7.98. The van der Waals surface area contributed by atoms with Crippen LogP contribution in [0.15, 0.2) is 65.6 Å². The summed E-state index contributed by atoms with van der Waals surface area (Å²) in [4.78, 5) is 13.4. The molecule has 1 heterocycles. The van der Waals surface area contributed by atoms with Crippen LogP contribution in [0.1, 0.15) is 43.4 Å². The van der Waals surface area contributed by atoms with E-state index in [1.165, 1.54) is 21.6 Å². The summed E-state index contributed by atoms with van der Waals surface area (Å²) >= 11 is 1.84. The van der Waals surface area contributed by atoms with Gasteiger partial charge in [-0.05, 0) is 43.5 Å². The zero-order valence-electron chi connectivity index (χ0n) is 14.3. The molecule has 2 nitrogen and oxygen atoms in total. The zero-order valence-corrected chi connectivity index (χ0v) is 15.2. The second-order valence-corrected chi connectivity index (χ2v) is 7.75. The van der Waals surface area contributed by atoms with Crippen molar-refractivity contribution in [2.45, 2.75) is 42.9 Å². The minimum atomic E-state index is -0.673. The van der Waals surface area contributed by atoms with Crippen LogP contribution in [0.4, 0.5) is 0 Å². The maximum atomic E-state index is 12.2. The van der Waals surface area contributed by atoms with Crippen molar-refractivity contribution in [1.82, 2.24) is 0 Å². The van der Waals surface area contributed by atoms with E-state index in [0.717, 1.165) is 5.75 Å². The number of carbonyl (C=O) groups excluding carboxylic acids is 1. The number of hydrogen-bond donors (Lipinski definition) is 0. The molecule has 2 aromatic carbocycles. The van der Waals surface area contributed by atoms with Crippen LogP contribution >= 0.6 is 11.8 Å². The summed E-state index contributed by atoms with van der Waals surface area (Å²) in [6.07, 6.45) is 0. The van der Waals surface area contributed by atoms with Crippen molar-refractivity contribution < 1.29 is 9.53 Å². The Labute approximate surface area is 147 Å². The van der Waals surface area contributed by atoms with Crippen molar-refractivity contribution in [1.29, 1.82) is 0 Å². The lowest BCUT2D eigenvalue weighted by molar-refractivity contribution is -0.152. The zero-order chi connectivity index (χ0) is 17.3. The molecule has 0 aliphatic carbocycles. The van der Waals surface area contributed by atoms with Crippen LogP contribution in [0.3, 0.4) is 0 Å². The monoisotopic (exact) mass is 338 g/mol. The van der Waals surface area contributed by atoms with Gasteiger partial charge >= 0.3 is 5.97 Å². The van der Waals surface area contributed by atoms with Crippen molar-refractivity contribution >= 4 is 17.7 Å². The third-order valence-corrected chi connectivity index (χ3v) is 5.52. The van der Waals surface area contributed by atoms with E-state index in [1.54, 1.807) is 6.92 Å². The first-order chi connectivity index (χ1) is 11.4. The molecule has 0 spiro atoms. The fourth-order valence-corrected chi connectivity index (χ4v) is 4.36. The number of benzene rings is 2. The first kappa shape index (κ1) is 16.8. The van der Waals surface area contributed by atoms with E-state index in [2.05, 4.69) is 55.1 Å². The molecule has 0 saturated carbocycles. The summed E-state index contributed by atoms with van der Waals surface area (Å²) in [7, 11) is 0. The van der Waals surface area contributed by atoms with E-state index in [1.807, 2.05) is 25.6 Å². The standard InChI is InChI=1S/C21H22O2S/c1-14(2)20(22)23-21(3,4)19-16-10-6-5-9-15(16)13-24-18-12-8-7-11-17(18)19/h5-12,19H,1,13H2,2-4H3. The fourth-order valence-electron chi connectivity index (χ4n) is 3.25. The Bertz CT molecular complexity index is 744. The molecule has 3 heteroatoms. The Morgan fingerprint density at radius 1 is 1.12 bits per heavy atom. The molecule has 0 bridgehead atoms. The number of hydrogen-bond acceptors (Lipinski definition) is 3. The highest BCUT2D eigenvalue weighted by Gasteiger charge is 2.39. The van der Waals surface area contributed by atoms with Gasteiger partial charge < -0.3 is 4.74 Å².